The average molecular weight is 264 g/mol. The van der Waals surface area contributed by atoms with Crippen LogP contribution < -0.4 is 20.1 Å². The molecule has 0 spiro atoms. The monoisotopic (exact) mass is 264 g/mol. The van der Waals surface area contributed by atoms with E-state index in [4.69, 9.17) is 14.2 Å². The number of benzene rings is 1. The van der Waals surface area contributed by atoms with Crippen LogP contribution in [0.1, 0.15) is 6.42 Å². The minimum atomic E-state index is 0.365. The molecule has 1 unspecified atom stereocenters. The van der Waals surface area contributed by atoms with Gasteiger partial charge in [0.15, 0.2) is 11.5 Å². The third kappa shape index (κ3) is 3.30. The highest BCUT2D eigenvalue weighted by molar-refractivity contribution is 5.55. The number of ether oxygens (including phenoxy) is 3. The van der Waals surface area contributed by atoms with E-state index in [2.05, 4.69) is 10.6 Å². The maximum atomic E-state index is 5.68. The van der Waals surface area contributed by atoms with E-state index in [1.54, 1.807) is 0 Å². The van der Waals surface area contributed by atoms with Crippen LogP contribution in [0.2, 0.25) is 0 Å². The lowest BCUT2D eigenvalue weighted by atomic mass is 10.2. The van der Waals surface area contributed by atoms with Crippen molar-refractivity contribution in [1.82, 2.24) is 5.32 Å². The van der Waals surface area contributed by atoms with Gasteiger partial charge >= 0.3 is 0 Å². The first kappa shape index (κ1) is 12.6. The summed E-state index contributed by atoms with van der Waals surface area (Å²) in [5, 5.41) is 6.83. The van der Waals surface area contributed by atoms with Gasteiger partial charge in [-0.05, 0) is 12.1 Å². The van der Waals surface area contributed by atoms with E-state index >= 15 is 0 Å². The Balaban J connectivity index is 1.60. The third-order valence-electron chi connectivity index (χ3n) is 3.30. The lowest BCUT2D eigenvalue weighted by Crippen LogP contribution is -2.45. The molecule has 1 aromatic rings. The summed E-state index contributed by atoms with van der Waals surface area (Å²) in [5.74, 6) is 1.66. The molecule has 0 bridgehead atoms. The van der Waals surface area contributed by atoms with Crippen LogP contribution >= 0.6 is 0 Å². The van der Waals surface area contributed by atoms with E-state index in [0.29, 0.717) is 12.6 Å². The van der Waals surface area contributed by atoms with Crippen LogP contribution in [0.5, 0.6) is 11.5 Å². The Morgan fingerprint density at radius 1 is 1.16 bits per heavy atom. The zero-order valence-corrected chi connectivity index (χ0v) is 11.0. The molecule has 0 amide bonds. The molecule has 2 aliphatic heterocycles. The lowest BCUT2D eigenvalue weighted by molar-refractivity contribution is 0.0806. The molecule has 2 N–H and O–H groups in total. The second kappa shape index (κ2) is 6.12. The number of hydrogen-bond acceptors (Lipinski definition) is 5. The smallest absolute Gasteiger partial charge is 0.163 e. The number of anilines is 1. The van der Waals surface area contributed by atoms with Gasteiger partial charge in [-0.1, -0.05) is 0 Å². The fraction of sp³-hybridized carbons (Fsp3) is 0.571. The Hall–Kier alpha value is -1.46. The third-order valence-corrected chi connectivity index (χ3v) is 3.30. The van der Waals surface area contributed by atoms with Gasteiger partial charge in [-0.15, -0.1) is 0 Å². The summed E-state index contributed by atoms with van der Waals surface area (Å²) >= 11 is 0. The van der Waals surface area contributed by atoms with Crippen molar-refractivity contribution < 1.29 is 14.2 Å². The fourth-order valence-corrected chi connectivity index (χ4v) is 2.27. The zero-order valence-electron chi connectivity index (χ0n) is 11.0. The van der Waals surface area contributed by atoms with Crippen molar-refractivity contribution >= 4 is 5.69 Å². The van der Waals surface area contributed by atoms with Crippen LogP contribution in [0.4, 0.5) is 5.69 Å². The average Bonchev–Trinajstić information content (AvgIpc) is 2.71. The highest BCUT2D eigenvalue weighted by Crippen LogP contribution is 2.32. The molecule has 1 atom stereocenters. The largest absolute Gasteiger partial charge is 0.490 e. The van der Waals surface area contributed by atoms with Gasteiger partial charge in [0.1, 0.15) is 0 Å². The van der Waals surface area contributed by atoms with Crippen LogP contribution in [-0.2, 0) is 4.74 Å². The first-order valence-corrected chi connectivity index (χ1v) is 6.86. The van der Waals surface area contributed by atoms with Crippen LogP contribution in [0.3, 0.4) is 0 Å². The van der Waals surface area contributed by atoms with Crippen molar-refractivity contribution in [3.63, 3.8) is 0 Å². The molecule has 0 aromatic heterocycles. The van der Waals surface area contributed by atoms with Gasteiger partial charge in [0.25, 0.3) is 0 Å². The summed E-state index contributed by atoms with van der Waals surface area (Å²) < 4.78 is 16.7. The number of fused-ring (bicyclic) bond motifs is 1. The minimum Gasteiger partial charge on any atom is -0.490 e. The molecule has 1 fully saturated rings. The second-order valence-corrected chi connectivity index (χ2v) is 4.82. The number of nitrogens with one attached hydrogen (secondary N) is 2. The molecule has 0 radical (unpaired) electrons. The predicted molar refractivity (Wildman–Crippen MR) is 73.1 cm³/mol. The topological polar surface area (TPSA) is 51.8 Å². The summed E-state index contributed by atoms with van der Waals surface area (Å²) in [7, 11) is 0. The van der Waals surface area contributed by atoms with E-state index in [0.717, 1.165) is 56.5 Å². The molecule has 3 rings (SSSR count). The molecule has 2 aliphatic rings. The molecule has 0 saturated carbocycles. The normalized spacial score (nSPS) is 22.6. The van der Waals surface area contributed by atoms with E-state index in [-0.39, 0.29) is 0 Å². The number of rotatable bonds is 3. The highest BCUT2D eigenvalue weighted by atomic mass is 16.5. The van der Waals surface area contributed by atoms with Crippen molar-refractivity contribution in [2.75, 3.05) is 44.8 Å². The van der Waals surface area contributed by atoms with Crippen molar-refractivity contribution in [3.8, 4) is 11.5 Å². The predicted octanol–water partition coefficient (Wildman–Crippen LogP) is 1.25. The van der Waals surface area contributed by atoms with E-state index in [1.807, 2.05) is 18.2 Å². The molecule has 2 heterocycles. The maximum absolute atomic E-state index is 5.68. The Morgan fingerprint density at radius 2 is 2.05 bits per heavy atom. The minimum absolute atomic E-state index is 0.365. The van der Waals surface area contributed by atoms with Crippen LogP contribution in [0, 0.1) is 0 Å². The van der Waals surface area contributed by atoms with Gasteiger partial charge in [0, 0.05) is 37.3 Å². The van der Waals surface area contributed by atoms with Crippen LogP contribution in [-0.4, -0.2) is 45.6 Å². The van der Waals surface area contributed by atoms with Crippen LogP contribution in [0.25, 0.3) is 0 Å². The van der Waals surface area contributed by atoms with Gasteiger partial charge in [-0.25, -0.2) is 0 Å². The Labute approximate surface area is 113 Å². The van der Waals surface area contributed by atoms with E-state index in [1.165, 1.54) is 0 Å². The van der Waals surface area contributed by atoms with E-state index < -0.39 is 0 Å². The first-order valence-electron chi connectivity index (χ1n) is 6.86. The zero-order chi connectivity index (χ0) is 12.9. The fourth-order valence-electron chi connectivity index (χ4n) is 2.27. The van der Waals surface area contributed by atoms with Crippen LogP contribution in [0.15, 0.2) is 18.2 Å². The maximum Gasteiger partial charge on any atom is 0.163 e. The Bertz CT molecular complexity index is 419. The SMILES string of the molecule is c1cc2c(cc1NCC1COCCN1)OCCCO2. The summed E-state index contributed by atoms with van der Waals surface area (Å²) in [4.78, 5) is 0. The van der Waals surface area contributed by atoms with Gasteiger partial charge in [-0.2, -0.15) is 0 Å². The van der Waals surface area contributed by atoms with Gasteiger partial charge < -0.3 is 24.8 Å². The summed E-state index contributed by atoms with van der Waals surface area (Å²) in [6.07, 6.45) is 0.931. The molecule has 5 nitrogen and oxygen atoms in total. The molecule has 1 saturated heterocycles. The molecular weight excluding hydrogens is 244 g/mol. The van der Waals surface area contributed by atoms with E-state index in [9.17, 15) is 0 Å². The van der Waals surface area contributed by atoms with Crippen molar-refractivity contribution in [1.29, 1.82) is 0 Å². The molecule has 19 heavy (non-hydrogen) atoms. The number of morpholine rings is 1. The quantitative estimate of drug-likeness (QED) is 0.860. The summed E-state index contributed by atoms with van der Waals surface area (Å²) in [5.41, 5.74) is 1.05. The standard InChI is InChI=1S/C14H20N2O3/c1-5-18-13-3-2-11(8-14(13)19-6-1)16-9-12-10-17-7-4-15-12/h2-3,8,12,15-16H,1,4-7,9-10H2. The molecule has 0 aliphatic carbocycles. The lowest BCUT2D eigenvalue weighted by Gasteiger charge is -2.24. The molecule has 104 valence electrons. The van der Waals surface area contributed by atoms with Crippen molar-refractivity contribution in [3.05, 3.63) is 18.2 Å². The Kier molecular flexibility index (Phi) is 4.05. The summed E-state index contributed by atoms with van der Waals surface area (Å²) in [6.45, 7) is 4.78. The summed E-state index contributed by atoms with van der Waals surface area (Å²) in [6, 6.07) is 6.36. The molecule has 5 heteroatoms. The van der Waals surface area contributed by atoms with Crippen molar-refractivity contribution in [2.24, 2.45) is 0 Å². The highest BCUT2D eigenvalue weighted by Gasteiger charge is 2.14. The van der Waals surface area contributed by atoms with Gasteiger partial charge in [0.2, 0.25) is 0 Å². The first-order chi connectivity index (χ1) is 9.42. The van der Waals surface area contributed by atoms with Gasteiger partial charge in [-0.3, -0.25) is 0 Å². The van der Waals surface area contributed by atoms with Gasteiger partial charge in [0.05, 0.1) is 26.4 Å². The van der Waals surface area contributed by atoms with Crippen molar-refractivity contribution in [2.45, 2.75) is 12.5 Å². The molecular formula is C14H20N2O3. The number of hydrogen-bond donors (Lipinski definition) is 2. The Morgan fingerprint density at radius 3 is 2.89 bits per heavy atom. The second-order valence-electron chi connectivity index (χ2n) is 4.82. The molecule has 1 aromatic carbocycles.